The highest BCUT2D eigenvalue weighted by atomic mass is 16.6. The number of carbonyl (C=O) groups is 3. The van der Waals surface area contributed by atoms with Crippen LogP contribution in [0.1, 0.15) is 278 Å². The van der Waals surface area contributed by atoms with Crippen molar-refractivity contribution in [1.29, 1.82) is 0 Å². The zero-order valence-electron chi connectivity index (χ0n) is 45.3. The summed E-state index contributed by atoms with van der Waals surface area (Å²) in [7, 11) is 0. The monoisotopic (exact) mass is 961 g/mol. The number of allylic oxidation sites excluding steroid dienone is 14. The minimum absolute atomic E-state index is 0.0906. The van der Waals surface area contributed by atoms with Crippen LogP contribution in [0.4, 0.5) is 0 Å². The molecular formula is C63H108O6. The van der Waals surface area contributed by atoms with Gasteiger partial charge in [-0.2, -0.15) is 0 Å². The first-order valence-corrected chi connectivity index (χ1v) is 29.1. The number of esters is 3. The first-order valence-electron chi connectivity index (χ1n) is 29.1. The summed E-state index contributed by atoms with van der Waals surface area (Å²) >= 11 is 0. The van der Waals surface area contributed by atoms with Crippen LogP contribution >= 0.6 is 0 Å². The highest BCUT2D eigenvalue weighted by Gasteiger charge is 2.19. The van der Waals surface area contributed by atoms with Gasteiger partial charge >= 0.3 is 17.9 Å². The Balaban J connectivity index is 4.43. The van der Waals surface area contributed by atoms with Crippen LogP contribution in [0.15, 0.2) is 85.1 Å². The fraction of sp³-hybridized carbons (Fsp3) is 0.730. The largest absolute Gasteiger partial charge is 0.462 e. The average Bonchev–Trinajstić information content (AvgIpc) is 3.35. The van der Waals surface area contributed by atoms with Crippen molar-refractivity contribution in [3.05, 3.63) is 85.1 Å². The number of carbonyl (C=O) groups excluding carboxylic acids is 3. The molecule has 0 radical (unpaired) electrons. The predicted octanol–water partition coefficient (Wildman–Crippen LogP) is 19.5. The molecule has 0 saturated heterocycles. The van der Waals surface area contributed by atoms with Crippen LogP contribution in [-0.4, -0.2) is 37.2 Å². The molecule has 69 heavy (non-hydrogen) atoms. The summed E-state index contributed by atoms with van der Waals surface area (Å²) in [5.74, 6) is -0.919. The summed E-state index contributed by atoms with van der Waals surface area (Å²) in [4.78, 5) is 38.2. The molecule has 0 saturated carbocycles. The predicted molar refractivity (Wildman–Crippen MR) is 297 cm³/mol. The second kappa shape index (κ2) is 57.2. The smallest absolute Gasteiger partial charge is 0.306 e. The van der Waals surface area contributed by atoms with Gasteiger partial charge in [0.15, 0.2) is 6.10 Å². The third-order valence-electron chi connectivity index (χ3n) is 12.3. The topological polar surface area (TPSA) is 78.9 Å². The average molecular weight is 962 g/mol. The van der Waals surface area contributed by atoms with Gasteiger partial charge in [0.2, 0.25) is 0 Å². The molecule has 0 bridgehead atoms. The molecule has 0 N–H and O–H groups in total. The van der Waals surface area contributed by atoms with Gasteiger partial charge in [0.1, 0.15) is 13.2 Å². The SMILES string of the molecule is CCCCC/C=C\C/C=C\C/C=C\CCCCCCCCC(=O)OCC(COC(=O)CCCCCCC/C=C\CCCCCC)OC(=O)CCCCCCCC/C=C\C/C=C\C/C=C\CCCCC. The first kappa shape index (κ1) is 65.6. The normalized spacial score (nSPS) is 12.7. The van der Waals surface area contributed by atoms with Crippen molar-refractivity contribution in [3.63, 3.8) is 0 Å². The van der Waals surface area contributed by atoms with Crippen LogP contribution in [0.2, 0.25) is 0 Å². The van der Waals surface area contributed by atoms with Gasteiger partial charge in [-0.1, -0.05) is 221 Å². The number of unbranched alkanes of at least 4 members (excludes halogenated alkanes) is 27. The zero-order valence-corrected chi connectivity index (χ0v) is 45.3. The van der Waals surface area contributed by atoms with E-state index in [1.54, 1.807) is 0 Å². The molecule has 0 aliphatic rings. The van der Waals surface area contributed by atoms with E-state index >= 15 is 0 Å². The van der Waals surface area contributed by atoms with Crippen molar-refractivity contribution in [2.75, 3.05) is 13.2 Å². The van der Waals surface area contributed by atoms with Gasteiger partial charge in [-0.15, -0.1) is 0 Å². The van der Waals surface area contributed by atoms with E-state index in [9.17, 15) is 14.4 Å². The van der Waals surface area contributed by atoms with E-state index in [1.807, 2.05) is 0 Å². The van der Waals surface area contributed by atoms with E-state index < -0.39 is 6.10 Å². The van der Waals surface area contributed by atoms with E-state index in [0.717, 1.165) is 109 Å². The summed E-state index contributed by atoms with van der Waals surface area (Å²) in [6.45, 7) is 6.55. The second-order valence-corrected chi connectivity index (χ2v) is 19.2. The summed E-state index contributed by atoms with van der Waals surface area (Å²) < 4.78 is 16.8. The van der Waals surface area contributed by atoms with Gasteiger partial charge < -0.3 is 14.2 Å². The van der Waals surface area contributed by atoms with Gasteiger partial charge in [-0.05, 0) is 122 Å². The third kappa shape index (κ3) is 55.4. The Morgan fingerprint density at radius 3 is 0.855 bits per heavy atom. The van der Waals surface area contributed by atoms with Gasteiger partial charge in [0, 0.05) is 19.3 Å². The number of hydrogen-bond acceptors (Lipinski definition) is 6. The summed E-state index contributed by atoms with van der Waals surface area (Å²) in [6.07, 6.45) is 74.2. The minimum atomic E-state index is -0.793. The number of ether oxygens (including phenoxy) is 3. The molecule has 0 spiro atoms. The molecule has 0 rings (SSSR count). The molecule has 1 atom stereocenters. The lowest BCUT2D eigenvalue weighted by Crippen LogP contribution is -2.30. The lowest BCUT2D eigenvalue weighted by Gasteiger charge is -2.18. The minimum Gasteiger partial charge on any atom is -0.462 e. The Kier molecular flexibility index (Phi) is 54.3. The van der Waals surface area contributed by atoms with Crippen molar-refractivity contribution in [2.45, 2.75) is 284 Å². The highest BCUT2D eigenvalue weighted by Crippen LogP contribution is 2.14. The van der Waals surface area contributed by atoms with Gasteiger partial charge in [0.05, 0.1) is 0 Å². The van der Waals surface area contributed by atoms with E-state index in [-0.39, 0.29) is 31.1 Å². The summed E-state index contributed by atoms with van der Waals surface area (Å²) in [6, 6.07) is 0. The van der Waals surface area contributed by atoms with E-state index in [0.29, 0.717) is 19.3 Å². The van der Waals surface area contributed by atoms with Crippen LogP contribution in [0.3, 0.4) is 0 Å². The Bertz CT molecular complexity index is 1330. The Labute approximate surface area is 426 Å². The molecule has 0 aromatic carbocycles. The first-order chi connectivity index (χ1) is 34.0. The molecule has 0 aliphatic heterocycles. The van der Waals surface area contributed by atoms with E-state index in [1.165, 1.54) is 128 Å². The number of hydrogen-bond donors (Lipinski definition) is 0. The lowest BCUT2D eigenvalue weighted by molar-refractivity contribution is -0.167. The molecule has 0 amide bonds. The van der Waals surface area contributed by atoms with Crippen molar-refractivity contribution in [1.82, 2.24) is 0 Å². The Hall–Kier alpha value is -3.41. The Morgan fingerprint density at radius 1 is 0.290 bits per heavy atom. The van der Waals surface area contributed by atoms with E-state index in [2.05, 4.69) is 106 Å². The molecule has 6 heteroatoms. The van der Waals surface area contributed by atoms with Gasteiger partial charge in [-0.25, -0.2) is 0 Å². The Morgan fingerprint density at radius 2 is 0.522 bits per heavy atom. The van der Waals surface area contributed by atoms with Crippen molar-refractivity contribution < 1.29 is 28.6 Å². The standard InChI is InChI=1S/C63H108O6/c1-4-7-10-13-16-19-22-25-27-29-31-33-35-38-41-44-47-50-53-56-62(65)68-59-60(58-67-61(64)55-52-49-46-43-40-37-24-21-18-15-12-9-6-3)69-63(66)57-54-51-48-45-42-39-36-34-32-30-28-26-23-20-17-14-11-8-5-2/h16-17,19-21,24-28,31-34,60H,4-15,18,22-23,29-30,35-59H2,1-3H3/b19-16-,20-17-,24-21-,27-25-,28-26-,33-31-,34-32-. The van der Waals surface area contributed by atoms with Crippen LogP contribution in [-0.2, 0) is 28.6 Å². The maximum atomic E-state index is 12.9. The van der Waals surface area contributed by atoms with Crippen molar-refractivity contribution >= 4 is 17.9 Å². The maximum absolute atomic E-state index is 12.9. The van der Waals surface area contributed by atoms with E-state index in [4.69, 9.17) is 14.2 Å². The van der Waals surface area contributed by atoms with Gasteiger partial charge in [0.25, 0.3) is 0 Å². The zero-order chi connectivity index (χ0) is 50.0. The summed E-state index contributed by atoms with van der Waals surface area (Å²) in [5.41, 5.74) is 0. The third-order valence-corrected chi connectivity index (χ3v) is 12.3. The van der Waals surface area contributed by atoms with Crippen LogP contribution in [0, 0.1) is 0 Å². The molecular weight excluding hydrogens is 853 g/mol. The number of rotatable bonds is 52. The molecule has 1 unspecified atom stereocenters. The van der Waals surface area contributed by atoms with Crippen LogP contribution in [0.25, 0.3) is 0 Å². The molecule has 0 aromatic rings. The fourth-order valence-electron chi connectivity index (χ4n) is 7.92. The molecule has 0 aromatic heterocycles. The van der Waals surface area contributed by atoms with Gasteiger partial charge in [-0.3, -0.25) is 14.4 Å². The molecule has 396 valence electrons. The van der Waals surface area contributed by atoms with Crippen LogP contribution in [0.5, 0.6) is 0 Å². The molecule has 0 heterocycles. The maximum Gasteiger partial charge on any atom is 0.306 e. The summed E-state index contributed by atoms with van der Waals surface area (Å²) in [5, 5.41) is 0. The molecule has 6 nitrogen and oxygen atoms in total. The molecule has 0 fully saturated rings. The van der Waals surface area contributed by atoms with Crippen molar-refractivity contribution in [3.8, 4) is 0 Å². The highest BCUT2D eigenvalue weighted by molar-refractivity contribution is 5.71. The molecule has 0 aliphatic carbocycles. The van der Waals surface area contributed by atoms with Crippen molar-refractivity contribution in [2.24, 2.45) is 0 Å². The second-order valence-electron chi connectivity index (χ2n) is 19.2. The lowest BCUT2D eigenvalue weighted by atomic mass is 10.1. The van der Waals surface area contributed by atoms with Crippen LogP contribution < -0.4 is 0 Å². The quantitative estimate of drug-likeness (QED) is 0.0262. The fourth-order valence-corrected chi connectivity index (χ4v) is 7.92.